The van der Waals surface area contributed by atoms with Gasteiger partial charge in [-0.2, -0.15) is 15.8 Å². The van der Waals surface area contributed by atoms with E-state index in [-0.39, 0.29) is 0 Å². The van der Waals surface area contributed by atoms with Crippen LogP contribution in [-0.2, 0) is 0 Å². The van der Waals surface area contributed by atoms with Gasteiger partial charge in [-0.25, -0.2) is 0 Å². The summed E-state index contributed by atoms with van der Waals surface area (Å²) in [6.45, 7) is 0. The molecule has 50 heavy (non-hydrogen) atoms. The maximum Gasteiger partial charge on any atom is 0.101 e. The molecule has 0 spiro atoms. The molecular weight excluding hydrogens is 611 g/mol. The van der Waals surface area contributed by atoms with Crippen LogP contribution in [0.1, 0.15) is 16.7 Å². The molecule has 9 rings (SSSR count). The van der Waals surface area contributed by atoms with Crippen molar-refractivity contribution in [3.05, 3.63) is 168 Å². The van der Waals surface area contributed by atoms with Gasteiger partial charge < -0.3 is 9.13 Å². The number of nitriles is 3. The van der Waals surface area contributed by atoms with Crippen molar-refractivity contribution in [2.75, 3.05) is 0 Å². The Morgan fingerprint density at radius 3 is 1.48 bits per heavy atom. The van der Waals surface area contributed by atoms with Gasteiger partial charge in [0.05, 0.1) is 56.6 Å². The molecule has 0 fully saturated rings. The molecule has 0 aliphatic heterocycles. The van der Waals surface area contributed by atoms with E-state index in [0.29, 0.717) is 16.7 Å². The van der Waals surface area contributed by atoms with Crippen molar-refractivity contribution in [1.29, 1.82) is 15.8 Å². The topological polar surface area (TPSA) is 81.2 Å². The molecule has 0 amide bonds. The van der Waals surface area contributed by atoms with Crippen molar-refractivity contribution in [1.82, 2.24) is 9.13 Å². The fraction of sp³-hybridized carbons (Fsp3) is 0. The lowest BCUT2D eigenvalue weighted by Gasteiger charge is -2.18. The van der Waals surface area contributed by atoms with Gasteiger partial charge in [0.25, 0.3) is 0 Å². The number of rotatable bonds is 4. The molecule has 0 aliphatic rings. The number of aromatic nitrogens is 2. The molecule has 0 bridgehead atoms. The molecule has 230 valence electrons. The van der Waals surface area contributed by atoms with E-state index < -0.39 is 0 Å². The predicted octanol–water partition coefficient (Wildman–Crippen LogP) is 10.8. The molecule has 0 N–H and O–H groups in total. The van der Waals surface area contributed by atoms with Gasteiger partial charge in [0.15, 0.2) is 0 Å². The molecule has 5 nitrogen and oxygen atoms in total. The molecule has 0 aliphatic carbocycles. The Hall–Kier alpha value is -7.39. The Balaban J connectivity index is 1.23. The summed E-state index contributed by atoms with van der Waals surface area (Å²) in [5, 5.41) is 33.8. The van der Waals surface area contributed by atoms with Gasteiger partial charge in [-0.3, -0.25) is 0 Å². The van der Waals surface area contributed by atoms with Gasteiger partial charge >= 0.3 is 0 Å². The summed E-state index contributed by atoms with van der Waals surface area (Å²) in [6.07, 6.45) is 0. The van der Waals surface area contributed by atoms with Crippen LogP contribution in [0.25, 0.3) is 77.2 Å². The summed E-state index contributed by atoms with van der Waals surface area (Å²) in [5.74, 6) is 0. The Morgan fingerprint density at radius 2 is 0.900 bits per heavy atom. The first-order valence-electron chi connectivity index (χ1n) is 16.3. The number of hydrogen-bond donors (Lipinski definition) is 0. The van der Waals surface area contributed by atoms with Crippen LogP contribution in [0.2, 0.25) is 0 Å². The van der Waals surface area contributed by atoms with E-state index in [0.717, 1.165) is 77.2 Å². The molecule has 9 aromatic rings. The van der Waals surface area contributed by atoms with Crippen LogP contribution < -0.4 is 0 Å². The van der Waals surface area contributed by atoms with Crippen molar-refractivity contribution in [2.24, 2.45) is 0 Å². The lowest BCUT2D eigenvalue weighted by Crippen LogP contribution is -2.01. The fourth-order valence-corrected chi connectivity index (χ4v) is 7.46. The van der Waals surface area contributed by atoms with Crippen LogP contribution in [0.3, 0.4) is 0 Å². The highest BCUT2D eigenvalue weighted by Crippen LogP contribution is 2.41. The number of para-hydroxylation sites is 3. The smallest absolute Gasteiger partial charge is 0.101 e. The minimum absolute atomic E-state index is 0.576. The van der Waals surface area contributed by atoms with Crippen LogP contribution in [0, 0.1) is 34.0 Å². The highest BCUT2D eigenvalue weighted by molar-refractivity contribution is 6.11. The first-order chi connectivity index (χ1) is 24.7. The summed E-state index contributed by atoms with van der Waals surface area (Å²) in [7, 11) is 0. The minimum Gasteiger partial charge on any atom is -0.309 e. The van der Waals surface area contributed by atoms with Crippen molar-refractivity contribution in [2.45, 2.75) is 0 Å². The predicted molar refractivity (Wildman–Crippen MR) is 200 cm³/mol. The van der Waals surface area contributed by atoms with Gasteiger partial charge in [0.2, 0.25) is 0 Å². The summed E-state index contributed by atoms with van der Waals surface area (Å²) in [5.41, 5.74) is 11.7. The Labute approximate surface area is 287 Å². The second kappa shape index (κ2) is 11.4. The molecule has 2 aromatic heterocycles. The van der Waals surface area contributed by atoms with E-state index >= 15 is 0 Å². The molecule has 0 saturated heterocycles. The SMILES string of the molecule is N#Cc1ccc2c(c1)c1cc(C#N)ccc1n2-c1ccc(-c2ccccc2-c2cccc(C#N)c2-n2c3ccccc3c3ccccc32)cc1. The molecule has 0 radical (unpaired) electrons. The zero-order chi connectivity index (χ0) is 33.8. The Morgan fingerprint density at radius 1 is 0.380 bits per heavy atom. The van der Waals surface area contributed by atoms with Gasteiger partial charge in [0.1, 0.15) is 6.07 Å². The lowest BCUT2D eigenvalue weighted by atomic mass is 9.92. The van der Waals surface area contributed by atoms with E-state index in [1.807, 2.05) is 72.8 Å². The van der Waals surface area contributed by atoms with E-state index in [1.54, 1.807) is 0 Å². The quantitative estimate of drug-likeness (QED) is 0.193. The van der Waals surface area contributed by atoms with Crippen molar-refractivity contribution in [3.8, 4) is 51.8 Å². The average molecular weight is 636 g/mol. The molecule has 0 unspecified atom stereocenters. The van der Waals surface area contributed by atoms with Crippen LogP contribution in [0.4, 0.5) is 0 Å². The maximum absolute atomic E-state index is 10.5. The lowest BCUT2D eigenvalue weighted by molar-refractivity contribution is 1.17. The van der Waals surface area contributed by atoms with Crippen molar-refractivity contribution < 1.29 is 0 Å². The molecule has 2 heterocycles. The largest absolute Gasteiger partial charge is 0.309 e. The zero-order valence-corrected chi connectivity index (χ0v) is 26.7. The monoisotopic (exact) mass is 635 g/mol. The number of nitrogens with zero attached hydrogens (tertiary/aromatic N) is 5. The van der Waals surface area contributed by atoms with Gasteiger partial charge in [-0.05, 0) is 83.4 Å². The third-order valence-electron chi connectivity index (χ3n) is 9.64. The zero-order valence-electron chi connectivity index (χ0n) is 26.7. The van der Waals surface area contributed by atoms with Crippen LogP contribution in [-0.4, -0.2) is 9.13 Å². The standard InChI is InChI=1S/C45H25N5/c46-26-29-16-22-43-39(24-29)40-25-30(27-47)17-23-44(40)49(43)33-20-18-31(19-21-33)34-9-1-2-10-35(34)38-13-7-8-32(28-48)45(38)50-41-14-5-3-11-36(41)37-12-4-6-15-42(37)50/h1-25H. The summed E-state index contributed by atoms with van der Waals surface area (Å²) >= 11 is 0. The van der Waals surface area contributed by atoms with E-state index in [4.69, 9.17) is 0 Å². The van der Waals surface area contributed by atoms with Gasteiger partial charge in [-0.15, -0.1) is 0 Å². The normalized spacial score (nSPS) is 11.1. The molecule has 0 saturated carbocycles. The Kier molecular flexibility index (Phi) is 6.56. The van der Waals surface area contributed by atoms with E-state index in [2.05, 4.69) is 106 Å². The molecule has 5 heteroatoms. The third kappa shape index (κ3) is 4.31. The van der Waals surface area contributed by atoms with E-state index in [1.165, 1.54) is 0 Å². The van der Waals surface area contributed by atoms with Crippen LogP contribution in [0.5, 0.6) is 0 Å². The average Bonchev–Trinajstić information content (AvgIpc) is 3.69. The van der Waals surface area contributed by atoms with Crippen molar-refractivity contribution in [3.63, 3.8) is 0 Å². The summed E-state index contributed by atoms with van der Waals surface area (Å²) < 4.78 is 4.41. The number of benzene rings is 7. The second-order valence-corrected chi connectivity index (χ2v) is 12.3. The fourth-order valence-electron chi connectivity index (χ4n) is 7.46. The van der Waals surface area contributed by atoms with Crippen molar-refractivity contribution >= 4 is 43.6 Å². The van der Waals surface area contributed by atoms with Crippen LogP contribution in [0.15, 0.2) is 152 Å². The van der Waals surface area contributed by atoms with Gasteiger partial charge in [0, 0.05) is 32.8 Å². The number of fused-ring (bicyclic) bond motifs is 6. The summed E-state index contributed by atoms with van der Waals surface area (Å²) in [4.78, 5) is 0. The highest BCUT2D eigenvalue weighted by Gasteiger charge is 2.21. The highest BCUT2D eigenvalue weighted by atomic mass is 15.0. The molecular formula is C45H25N5. The Bertz CT molecular complexity index is 2830. The first kappa shape index (κ1) is 28.8. The molecule has 7 aromatic carbocycles. The van der Waals surface area contributed by atoms with Gasteiger partial charge in [-0.1, -0.05) is 84.9 Å². The first-order valence-corrected chi connectivity index (χ1v) is 16.3. The maximum atomic E-state index is 10.5. The number of hydrogen-bond acceptors (Lipinski definition) is 3. The third-order valence-corrected chi connectivity index (χ3v) is 9.64. The van der Waals surface area contributed by atoms with E-state index in [9.17, 15) is 15.8 Å². The summed E-state index contributed by atoms with van der Waals surface area (Å²) in [6, 6.07) is 57.9. The van der Waals surface area contributed by atoms with Crippen LogP contribution >= 0.6 is 0 Å². The second-order valence-electron chi connectivity index (χ2n) is 12.3. The molecule has 0 atom stereocenters. The minimum atomic E-state index is 0.576.